The highest BCUT2D eigenvalue weighted by Crippen LogP contribution is 3.38. The van der Waals surface area contributed by atoms with Crippen molar-refractivity contribution in [2.45, 2.75) is 20.6 Å². The van der Waals surface area contributed by atoms with E-state index in [1.165, 1.54) is 0 Å². The van der Waals surface area contributed by atoms with E-state index in [0.29, 0.717) is 0 Å². The highest BCUT2D eigenvalue weighted by Gasteiger charge is 2.98. The normalized spacial score (nSPS) is 108. The van der Waals surface area contributed by atoms with Crippen LogP contribution in [0.2, 0.25) is 0 Å². The molecule has 4 heteroatoms. The average molecular weight is 176 g/mol. The van der Waals surface area contributed by atoms with Crippen molar-refractivity contribution in [1.29, 1.82) is 0 Å². The van der Waals surface area contributed by atoms with Crippen LogP contribution in [0.15, 0.2) is 0 Å². The van der Waals surface area contributed by atoms with Crippen molar-refractivity contribution < 1.29 is 0 Å². The maximum atomic E-state index is 1.54. The van der Waals surface area contributed by atoms with Gasteiger partial charge in [-0.15, -0.1) is 0 Å². The molecular weight excluding hydrogens is 172 g/mol. The molecule has 0 radical (unpaired) electrons. The van der Waals surface area contributed by atoms with E-state index in [9.17, 15) is 0 Å². The lowest BCUT2D eigenvalue weighted by Crippen LogP contribution is -2.72. The molecular formula is C4H4P4. The summed E-state index contributed by atoms with van der Waals surface area (Å²) in [6, 6.07) is 0. The van der Waals surface area contributed by atoms with E-state index in [-0.39, 0.29) is 0 Å². The molecule has 0 bridgehead atoms. The first-order chi connectivity index (χ1) is 4.00. The Labute approximate surface area is 52.8 Å². The highest BCUT2D eigenvalue weighted by molar-refractivity contribution is 8.49. The molecule has 0 aromatic heterocycles. The summed E-state index contributed by atoms with van der Waals surface area (Å²) in [4.78, 5) is 0. The second kappa shape index (κ2) is 0.786. The second-order valence-electron chi connectivity index (χ2n) is 3.17. The van der Waals surface area contributed by atoms with E-state index >= 15 is 0 Å². The third-order valence-electron chi connectivity index (χ3n) is 3.20. The number of hydrogen-bond donors (Lipinski definition) is 0. The molecule has 6 aliphatic rings. The molecule has 0 aromatic carbocycles. The minimum atomic E-state index is 0.863. The van der Waals surface area contributed by atoms with Gasteiger partial charge in [0.05, 0.1) is 0 Å². The van der Waals surface area contributed by atoms with Gasteiger partial charge in [-0.25, -0.2) is 0 Å². The SMILES string of the molecule is C12P3C4P1C1P2C3P41. The van der Waals surface area contributed by atoms with Crippen LogP contribution in [0.1, 0.15) is 0 Å². The third kappa shape index (κ3) is 0.141. The molecule has 6 rings (SSSR count). The lowest BCUT2D eigenvalue weighted by molar-refractivity contribution is 1.17. The van der Waals surface area contributed by atoms with Crippen LogP contribution in [0.3, 0.4) is 0 Å². The molecule has 0 aromatic rings. The summed E-state index contributed by atoms with van der Waals surface area (Å²) < 4.78 is 0. The Morgan fingerprint density at radius 2 is 0.750 bits per heavy atom. The van der Waals surface area contributed by atoms with Gasteiger partial charge in [-0.2, -0.15) is 0 Å². The summed E-state index contributed by atoms with van der Waals surface area (Å²) in [6.07, 6.45) is 0. The smallest absolute Gasteiger partial charge is 0.0248 e. The van der Waals surface area contributed by atoms with Crippen molar-refractivity contribution in [1.82, 2.24) is 0 Å². The van der Waals surface area contributed by atoms with Crippen LogP contribution in [0.25, 0.3) is 0 Å². The van der Waals surface area contributed by atoms with Gasteiger partial charge in [0.1, 0.15) is 0 Å². The van der Waals surface area contributed by atoms with Gasteiger partial charge < -0.3 is 0 Å². The van der Waals surface area contributed by atoms with Gasteiger partial charge in [-0.05, 0) is 0 Å². The summed E-state index contributed by atoms with van der Waals surface area (Å²) in [5, 5.41) is 6.18. The van der Waals surface area contributed by atoms with Gasteiger partial charge in [0.15, 0.2) is 0 Å². The largest absolute Gasteiger partial charge is 0.0701 e. The van der Waals surface area contributed by atoms with Crippen molar-refractivity contribution in [2.75, 3.05) is 0 Å². The van der Waals surface area contributed by atoms with Crippen molar-refractivity contribution >= 4 is 31.7 Å². The monoisotopic (exact) mass is 176 g/mol. The van der Waals surface area contributed by atoms with Gasteiger partial charge in [-0.1, -0.05) is 31.7 Å². The molecule has 8 heavy (non-hydrogen) atoms. The van der Waals surface area contributed by atoms with Crippen molar-refractivity contribution in [3.05, 3.63) is 0 Å². The quantitative estimate of drug-likeness (QED) is 0.497. The predicted molar refractivity (Wildman–Crippen MR) is 42.8 cm³/mol. The molecule has 40 valence electrons. The van der Waals surface area contributed by atoms with E-state index in [1.54, 1.807) is 20.6 Å². The summed E-state index contributed by atoms with van der Waals surface area (Å²) in [7, 11) is 3.45. The molecule has 0 nitrogen and oxygen atoms in total. The fourth-order valence-corrected chi connectivity index (χ4v) is 45.1. The lowest BCUT2D eigenvalue weighted by Gasteiger charge is -3.02. The van der Waals surface area contributed by atoms with Crippen molar-refractivity contribution in [3.8, 4) is 0 Å². The summed E-state index contributed by atoms with van der Waals surface area (Å²) in [5.41, 5.74) is 0. The Balaban J connectivity index is 2.00. The maximum Gasteiger partial charge on any atom is 0.0248 e. The van der Waals surface area contributed by atoms with Gasteiger partial charge in [0, 0.05) is 20.6 Å². The molecule has 0 amide bonds. The van der Waals surface area contributed by atoms with Gasteiger partial charge in [0.2, 0.25) is 0 Å². The Bertz CT molecular complexity index is 118. The summed E-state index contributed by atoms with van der Waals surface area (Å²) in [5.74, 6) is 0. The molecule has 6 heterocycles. The van der Waals surface area contributed by atoms with E-state index in [2.05, 4.69) is 0 Å². The van der Waals surface area contributed by atoms with E-state index in [0.717, 1.165) is 31.7 Å². The van der Waals surface area contributed by atoms with Crippen molar-refractivity contribution in [2.24, 2.45) is 0 Å². The van der Waals surface area contributed by atoms with Crippen molar-refractivity contribution in [3.63, 3.8) is 0 Å². The zero-order valence-electron chi connectivity index (χ0n) is 4.10. The van der Waals surface area contributed by atoms with Gasteiger partial charge in [-0.3, -0.25) is 0 Å². The van der Waals surface area contributed by atoms with Crippen LogP contribution >= 0.6 is 31.7 Å². The van der Waals surface area contributed by atoms with E-state index in [1.807, 2.05) is 0 Å². The molecule has 6 aliphatic heterocycles. The fraction of sp³-hybridized carbons (Fsp3) is 1.00. The number of hydrogen-bond acceptors (Lipinski definition) is 0. The fourth-order valence-electron chi connectivity index (χ4n) is 2.86. The Kier molecular flexibility index (Phi) is 0.386. The maximum absolute atomic E-state index is 1.54. The van der Waals surface area contributed by atoms with Crippen LogP contribution in [-0.2, 0) is 0 Å². The Hall–Kier alpha value is 1.72. The van der Waals surface area contributed by atoms with Gasteiger partial charge in [0.25, 0.3) is 0 Å². The lowest BCUT2D eigenvalue weighted by atomic mass is 11.6. The standard InChI is InChI=1S/C4H4P4/c1-5-2-6(1)4-7(1)3(5)8(2)4/h1-4H. The molecule has 0 atom stereocenters. The molecule has 0 N–H and O–H groups in total. The van der Waals surface area contributed by atoms with Crippen LogP contribution in [0.4, 0.5) is 0 Å². The van der Waals surface area contributed by atoms with Gasteiger partial charge >= 0.3 is 0 Å². The van der Waals surface area contributed by atoms with Crippen LogP contribution in [0.5, 0.6) is 0 Å². The summed E-state index contributed by atoms with van der Waals surface area (Å²) >= 11 is 0. The zero-order valence-corrected chi connectivity index (χ0v) is 7.68. The molecule has 0 aliphatic carbocycles. The topological polar surface area (TPSA) is 0 Å². The Morgan fingerprint density at radius 3 is 0.875 bits per heavy atom. The van der Waals surface area contributed by atoms with E-state index in [4.69, 9.17) is 0 Å². The molecule has 0 spiro atoms. The first kappa shape index (κ1) is 3.93. The molecule has 6 saturated heterocycles. The zero-order chi connectivity index (χ0) is 4.62. The van der Waals surface area contributed by atoms with E-state index < -0.39 is 0 Å². The highest BCUT2D eigenvalue weighted by atomic mass is 31.4. The third-order valence-corrected chi connectivity index (χ3v) is 28.8. The second-order valence-corrected chi connectivity index (χ2v) is 17.8. The first-order valence-corrected chi connectivity index (χ1v) is 9.30. The van der Waals surface area contributed by atoms with Crippen LogP contribution in [-0.4, -0.2) is 20.6 Å². The average Bonchev–Trinajstić information content (AvgIpc) is 1.90. The summed E-state index contributed by atoms with van der Waals surface area (Å²) in [6.45, 7) is 0. The van der Waals surface area contributed by atoms with Crippen LogP contribution < -0.4 is 0 Å². The minimum Gasteiger partial charge on any atom is -0.0701 e. The number of rotatable bonds is 0. The molecule has 0 unspecified atom stereocenters. The molecule has 0 saturated carbocycles. The first-order valence-electron chi connectivity index (χ1n) is 3.10. The Morgan fingerprint density at radius 1 is 0.500 bits per heavy atom. The predicted octanol–water partition coefficient (Wildman–Crippen LogP) is 3.12. The minimum absolute atomic E-state index is 0.863. The van der Waals surface area contributed by atoms with Crippen LogP contribution in [0, 0.1) is 0 Å². The molecule has 6 fully saturated rings.